The van der Waals surface area contributed by atoms with Gasteiger partial charge in [0.1, 0.15) is 5.82 Å². The van der Waals surface area contributed by atoms with Crippen LogP contribution in [0.2, 0.25) is 0 Å². The zero-order valence-electron chi connectivity index (χ0n) is 13.0. The van der Waals surface area contributed by atoms with Gasteiger partial charge in [-0.05, 0) is 18.2 Å². The van der Waals surface area contributed by atoms with Gasteiger partial charge < -0.3 is 14.5 Å². The monoisotopic (exact) mass is 288 g/mol. The first-order valence-corrected chi connectivity index (χ1v) is 6.69. The van der Waals surface area contributed by atoms with Crippen LogP contribution in [0, 0.1) is 0 Å². The van der Waals surface area contributed by atoms with Gasteiger partial charge in [-0.25, -0.2) is 4.98 Å². The first kappa shape index (κ1) is 15.1. The molecule has 0 saturated carbocycles. The molecule has 112 valence electrons. The van der Waals surface area contributed by atoms with Crippen molar-refractivity contribution in [1.29, 1.82) is 0 Å². The molecule has 0 aliphatic heterocycles. The van der Waals surface area contributed by atoms with E-state index in [0.29, 0.717) is 23.0 Å². The lowest BCUT2D eigenvalue weighted by molar-refractivity contribution is 0.355. The normalized spacial score (nSPS) is 11.3. The molecule has 1 aromatic carbocycles. The molecule has 0 amide bonds. The van der Waals surface area contributed by atoms with Crippen molar-refractivity contribution in [1.82, 2.24) is 9.97 Å². The lowest BCUT2D eigenvalue weighted by atomic mass is 9.95. The molecule has 0 spiro atoms. The fraction of sp³-hybridized carbons (Fsp3) is 0.375. The van der Waals surface area contributed by atoms with Crippen molar-refractivity contribution in [2.24, 2.45) is 0 Å². The predicted molar refractivity (Wildman–Crippen MR) is 82.1 cm³/mol. The largest absolute Gasteiger partial charge is 0.493 e. The van der Waals surface area contributed by atoms with Crippen molar-refractivity contribution in [2.45, 2.75) is 26.2 Å². The Labute approximate surface area is 124 Å². The molecular formula is C16H20N2O3. The topological polar surface area (TPSA) is 64.2 Å². The van der Waals surface area contributed by atoms with E-state index in [2.05, 4.69) is 9.97 Å². The molecule has 5 heteroatoms. The fourth-order valence-electron chi connectivity index (χ4n) is 1.96. The van der Waals surface area contributed by atoms with Gasteiger partial charge in [0, 0.05) is 17.0 Å². The average Bonchev–Trinajstić information content (AvgIpc) is 2.45. The lowest BCUT2D eigenvalue weighted by Gasteiger charge is -2.18. The van der Waals surface area contributed by atoms with E-state index < -0.39 is 0 Å². The Morgan fingerprint density at radius 1 is 1.05 bits per heavy atom. The predicted octanol–water partition coefficient (Wildman–Crippen LogP) is 2.75. The summed E-state index contributed by atoms with van der Waals surface area (Å²) in [6, 6.07) is 6.95. The van der Waals surface area contributed by atoms with E-state index in [1.807, 2.05) is 32.9 Å². The number of hydrogen-bond acceptors (Lipinski definition) is 4. The Bertz CT molecular complexity index is 699. The molecule has 0 aliphatic rings. The van der Waals surface area contributed by atoms with Crippen molar-refractivity contribution in [2.75, 3.05) is 14.2 Å². The first-order chi connectivity index (χ1) is 9.85. The van der Waals surface area contributed by atoms with Gasteiger partial charge in [-0.15, -0.1) is 0 Å². The van der Waals surface area contributed by atoms with Crippen LogP contribution < -0.4 is 15.0 Å². The van der Waals surface area contributed by atoms with E-state index in [4.69, 9.17) is 9.47 Å². The van der Waals surface area contributed by atoms with Crippen molar-refractivity contribution in [3.63, 3.8) is 0 Å². The maximum Gasteiger partial charge on any atom is 0.251 e. The lowest BCUT2D eigenvalue weighted by Crippen LogP contribution is -2.21. The van der Waals surface area contributed by atoms with Gasteiger partial charge in [-0.3, -0.25) is 4.79 Å². The number of hydrogen-bond donors (Lipinski definition) is 1. The van der Waals surface area contributed by atoms with E-state index in [1.54, 1.807) is 20.3 Å². The van der Waals surface area contributed by atoms with Crippen LogP contribution >= 0.6 is 0 Å². The maximum absolute atomic E-state index is 11.9. The van der Waals surface area contributed by atoms with Crippen LogP contribution in [-0.4, -0.2) is 24.2 Å². The van der Waals surface area contributed by atoms with E-state index >= 15 is 0 Å². The quantitative estimate of drug-likeness (QED) is 0.943. The maximum atomic E-state index is 11.9. The molecule has 1 heterocycles. The van der Waals surface area contributed by atoms with Crippen LogP contribution in [0.4, 0.5) is 0 Å². The van der Waals surface area contributed by atoms with Crippen LogP contribution in [0.1, 0.15) is 26.6 Å². The second-order valence-corrected chi connectivity index (χ2v) is 5.80. The second-order valence-electron chi connectivity index (χ2n) is 5.80. The summed E-state index contributed by atoms with van der Waals surface area (Å²) in [5.74, 6) is 1.90. The minimum atomic E-state index is -0.230. The SMILES string of the molecule is COc1ccc(-c2cc(=O)[nH]c(C(C)(C)C)n2)cc1OC. The summed E-state index contributed by atoms with van der Waals surface area (Å²) in [5, 5.41) is 0. The Kier molecular flexibility index (Phi) is 4.02. The van der Waals surface area contributed by atoms with Crippen molar-refractivity contribution >= 4 is 0 Å². The van der Waals surface area contributed by atoms with Crippen LogP contribution in [0.5, 0.6) is 11.5 Å². The highest BCUT2D eigenvalue weighted by Crippen LogP contribution is 2.31. The highest BCUT2D eigenvalue weighted by molar-refractivity contribution is 5.63. The highest BCUT2D eigenvalue weighted by Gasteiger charge is 2.18. The van der Waals surface area contributed by atoms with Gasteiger partial charge in [-0.1, -0.05) is 20.8 Å². The van der Waals surface area contributed by atoms with Gasteiger partial charge in [0.05, 0.1) is 19.9 Å². The first-order valence-electron chi connectivity index (χ1n) is 6.69. The number of H-pyrrole nitrogens is 1. The molecule has 0 aliphatic carbocycles. The van der Waals surface area contributed by atoms with E-state index in [9.17, 15) is 4.79 Å². The minimum Gasteiger partial charge on any atom is -0.493 e. The Balaban J connectivity index is 2.57. The van der Waals surface area contributed by atoms with Crippen LogP contribution in [0.3, 0.4) is 0 Å². The highest BCUT2D eigenvalue weighted by atomic mass is 16.5. The number of aromatic nitrogens is 2. The number of aromatic amines is 1. The molecule has 21 heavy (non-hydrogen) atoms. The third kappa shape index (κ3) is 3.24. The van der Waals surface area contributed by atoms with Crippen molar-refractivity contribution in [3.8, 4) is 22.8 Å². The molecule has 0 fully saturated rings. The zero-order chi connectivity index (χ0) is 15.6. The van der Waals surface area contributed by atoms with E-state index in [-0.39, 0.29) is 11.0 Å². The summed E-state index contributed by atoms with van der Waals surface area (Å²) in [5.41, 5.74) is 1.03. The summed E-state index contributed by atoms with van der Waals surface area (Å²) in [4.78, 5) is 19.2. The summed E-state index contributed by atoms with van der Waals surface area (Å²) >= 11 is 0. The summed E-state index contributed by atoms with van der Waals surface area (Å²) in [6.07, 6.45) is 0. The molecule has 1 N–H and O–H groups in total. The molecule has 2 rings (SSSR count). The van der Waals surface area contributed by atoms with Gasteiger partial charge in [0.15, 0.2) is 11.5 Å². The van der Waals surface area contributed by atoms with E-state index in [1.165, 1.54) is 6.07 Å². The standard InChI is InChI=1S/C16H20N2O3/c1-16(2,3)15-17-11(9-14(19)18-15)10-6-7-12(20-4)13(8-10)21-5/h6-9H,1-5H3,(H,17,18,19). The van der Waals surface area contributed by atoms with Crippen LogP contribution in [0.15, 0.2) is 29.1 Å². The smallest absolute Gasteiger partial charge is 0.251 e. The molecule has 1 aromatic heterocycles. The minimum absolute atomic E-state index is 0.167. The number of methoxy groups -OCH3 is 2. The second kappa shape index (κ2) is 5.60. The summed E-state index contributed by atoms with van der Waals surface area (Å²) in [6.45, 7) is 6.01. The molecule has 0 unspecified atom stereocenters. The molecule has 0 saturated heterocycles. The molecule has 0 radical (unpaired) electrons. The van der Waals surface area contributed by atoms with Gasteiger partial charge >= 0.3 is 0 Å². The summed E-state index contributed by atoms with van der Waals surface area (Å²) < 4.78 is 10.5. The average molecular weight is 288 g/mol. The number of nitrogens with one attached hydrogen (secondary N) is 1. The molecule has 0 bridgehead atoms. The van der Waals surface area contributed by atoms with Crippen molar-refractivity contribution in [3.05, 3.63) is 40.4 Å². The molecule has 2 aromatic rings. The third-order valence-electron chi connectivity index (χ3n) is 3.13. The summed E-state index contributed by atoms with van der Waals surface area (Å²) in [7, 11) is 3.16. The van der Waals surface area contributed by atoms with Crippen LogP contribution in [0.25, 0.3) is 11.3 Å². The Hall–Kier alpha value is -2.30. The number of nitrogens with zero attached hydrogens (tertiary/aromatic N) is 1. The van der Waals surface area contributed by atoms with E-state index in [0.717, 1.165) is 5.56 Å². The number of rotatable bonds is 3. The number of ether oxygens (including phenoxy) is 2. The Morgan fingerprint density at radius 2 is 1.71 bits per heavy atom. The van der Waals surface area contributed by atoms with Gasteiger partial charge in [0.25, 0.3) is 5.56 Å². The van der Waals surface area contributed by atoms with Crippen molar-refractivity contribution < 1.29 is 9.47 Å². The molecule has 5 nitrogen and oxygen atoms in total. The zero-order valence-corrected chi connectivity index (χ0v) is 13.0. The van der Waals surface area contributed by atoms with Gasteiger partial charge in [0.2, 0.25) is 0 Å². The molecule has 0 atom stereocenters. The van der Waals surface area contributed by atoms with Crippen LogP contribution in [-0.2, 0) is 5.41 Å². The fourth-order valence-corrected chi connectivity index (χ4v) is 1.96. The molecular weight excluding hydrogens is 268 g/mol. The van der Waals surface area contributed by atoms with Gasteiger partial charge in [-0.2, -0.15) is 0 Å². The third-order valence-corrected chi connectivity index (χ3v) is 3.13. The number of benzene rings is 1. The Morgan fingerprint density at radius 3 is 2.29 bits per heavy atom.